The van der Waals surface area contributed by atoms with Crippen molar-refractivity contribution < 1.29 is 4.74 Å². The molecule has 1 aromatic heterocycles. The Morgan fingerprint density at radius 3 is 2.35 bits per heavy atom. The van der Waals surface area contributed by atoms with Crippen LogP contribution in [0.25, 0.3) is 0 Å². The van der Waals surface area contributed by atoms with Gasteiger partial charge in [0.2, 0.25) is 0 Å². The van der Waals surface area contributed by atoms with E-state index < -0.39 is 0 Å². The molecular weight excluding hydrogens is 230 g/mol. The maximum Gasteiger partial charge on any atom is 0.0871 e. The summed E-state index contributed by atoms with van der Waals surface area (Å²) in [5, 5.41) is 5.69. The van der Waals surface area contributed by atoms with E-state index in [2.05, 4.69) is 44.5 Å². The van der Waals surface area contributed by atoms with Gasteiger partial charge in [-0.05, 0) is 50.7 Å². The monoisotopic (exact) mass is 255 g/mol. The third-order valence-corrected chi connectivity index (χ3v) is 4.41. The lowest BCUT2D eigenvalue weighted by Gasteiger charge is -2.39. The summed E-state index contributed by atoms with van der Waals surface area (Å²) in [5.41, 5.74) is 1.27. The topological polar surface area (TPSA) is 21.3 Å². The molecule has 0 aliphatic rings. The molecule has 0 fully saturated rings. The summed E-state index contributed by atoms with van der Waals surface area (Å²) in [6.07, 6.45) is 2.05. The fraction of sp³-hybridized carbons (Fsp3) is 0.714. The Morgan fingerprint density at radius 2 is 2.00 bits per heavy atom. The molecule has 1 aromatic rings. The van der Waals surface area contributed by atoms with Gasteiger partial charge in [-0.25, -0.2) is 0 Å². The maximum absolute atomic E-state index is 6.09. The van der Waals surface area contributed by atoms with Gasteiger partial charge in [0.25, 0.3) is 0 Å². The second kappa shape index (κ2) is 6.53. The van der Waals surface area contributed by atoms with Gasteiger partial charge >= 0.3 is 0 Å². The zero-order valence-electron chi connectivity index (χ0n) is 11.7. The number of likely N-dealkylation sites (N-methyl/N-ethyl adjacent to an activating group) is 1. The van der Waals surface area contributed by atoms with Gasteiger partial charge in [-0.15, -0.1) is 11.3 Å². The Labute approximate surface area is 109 Å². The normalized spacial score (nSPS) is 13.9. The smallest absolute Gasteiger partial charge is 0.0871 e. The average molecular weight is 255 g/mol. The van der Waals surface area contributed by atoms with E-state index in [1.807, 2.05) is 18.4 Å². The lowest BCUT2D eigenvalue weighted by molar-refractivity contribution is -0.0716. The Bertz CT molecular complexity index is 331. The van der Waals surface area contributed by atoms with E-state index >= 15 is 0 Å². The Morgan fingerprint density at radius 1 is 1.35 bits per heavy atom. The first kappa shape index (κ1) is 14.7. The first-order chi connectivity index (χ1) is 8.13. The molecule has 17 heavy (non-hydrogen) atoms. The molecule has 0 saturated heterocycles. The lowest BCUT2D eigenvalue weighted by Crippen LogP contribution is -2.44. The molecule has 1 N–H and O–H groups in total. The van der Waals surface area contributed by atoms with Crippen LogP contribution in [0.5, 0.6) is 0 Å². The Kier molecular flexibility index (Phi) is 5.63. The number of thiophene rings is 1. The molecule has 0 amide bonds. The van der Waals surface area contributed by atoms with Crippen molar-refractivity contribution in [2.45, 2.75) is 52.2 Å². The quantitative estimate of drug-likeness (QED) is 0.797. The van der Waals surface area contributed by atoms with Gasteiger partial charge in [0.15, 0.2) is 0 Å². The standard InChI is InChI=1S/C14H25NOS/c1-6-14(7-2,16-8-3)13(15-5)12-9-11(4)17-10-12/h9-10,13,15H,6-8H2,1-5H3. The van der Waals surface area contributed by atoms with Crippen LogP contribution < -0.4 is 5.32 Å². The SMILES string of the molecule is CCOC(CC)(CC)C(NC)c1csc(C)c1. The van der Waals surface area contributed by atoms with E-state index in [9.17, 15) is 0 Å². The maximum atomic E-state index is 6.09. The van der Waals surface area contributed by atoms with E-state index in [-0.39, 0.29) is 11.6 Å². The van der Waals surface area contributed by atoms with E-state index in [1.54, 1.807) is 0 Å². The molecule has 0 saturated carbocycles. The van der Waals surface area contributed by atoms with Gasteiger partial charge in [-0.3, -0.25) is 0 Å². The largest absolute Gasteiger partial charge is 0.373 e. The fourth-order valence-electron chi connectivity index (χ4n) is 2.58. The van der Waals surface area contributed by atoms with Gasteiger partial charge in [0.1, 0.15) is 0 Å². The molecular formula is C14H25NOS. The number of ether oxygens (including phenoxy) is 1. The van der Waals surface area contributed by atoms with Crippen molar-refractivity contribution in [1.82, 2.24) is 5.32 Å². The average Bonchev–Trinajstić information content (AvgIpc) is 2.75. The minimum Gasteiger partial charge on any atom is -0.373 e. The second-order valence-electron chi connectivity index (χ2n) is 4.42. The Balaban J connectivity index is 3.04. The summed E-state index contributed by atoms with van der Waals surface area (Å²) in [6.45, 7) is 9.42. The van der Waals surface area contributed by atoms with Crippen LogP contribution in [-0.2, 0) is 4.74 Å². The van der Waals surface area contributed by atoms with E-state index in [1.165, 1.54) is 10.4 Å². The number of aryl methyl sites for hydroxylation is 1. The number of hydrogen-bond donors (Lipinski definition) is 1. The number of nitrogens with one attached hydrogen (secondary N) is 1. The third kappa shape index (κ3) is 3.09. The van der Waals surface area contributed by atoms with Crippen LogP contribution in [-0.4, -0.2) is 19.3 Å². The zero-order chi connectivity index (χ0) is 12.9. The summed E-state index contributed by atoms with van der Waals surface area (Å²) in [5.74, 6) is 0. The molecule has 0 bridgehead atoms. The highest BCUT2D eigenvalue weighted by Crippen LogP contribution is 2.36. The molecule has 2 nitrogen and oxygen atoms in total. The first-order valence-corrected chi connectivity index (χ1v) is 7.37. The van der Waals surface area contributed by atoms with Crippen LogP contribution in [0.1, 0.15) is 50.1 Å². The summed E-state index contributed by atoms with van der Waals surface area (Å²) < 4.78 is 6.09. The summed E-state index contributed by atoms with van der Waals surface area (Å²) in [7, 11) is 2.02. The van der Waals surface area contributed by atoms with E-state index in [4.69, 9.17) is 4.74 Å². The molecule has 1 heterocycles. The lowest BCUT2D eigenvalue weighted by atomic mass is 9.84. The van der Waals surface area contributed by atoms with Crippen molar-refractivity contribution in [3.8, 4) is 0 Å². The highest BCUT2D eigenvalue weighted by molar-refractivity contribution is 7.10. The van der Waals surface area contributed by atoms with Gasteiger partial charge in [-0.2, -0.15) is 0 Å². The summed E-state index contributed by atoms with van der Waals surface area (Å²) in [6, 6.07) is 2.55. The molecule has 98 valence electrons. The van der Waals surface area contributed by atoms with Gasteiger partial charge in [0, 0.05) is 11.5 Å². The van der Waals surface area contributed by atoms with E-state index in [0.29, 0.717) is 0 Å². The van der Waals surface area contributed by atoms with Crippen molar-refractivity contribution in [2.75, 3.05) is 13.7 Å². The van der Waals surface area contributed by atoms with E-state index in [0.717, 1.165) is 19.4 Å². The zero-order valence-corrected chi connectivity index (χ0v) is 12.5. The van der Waals surface area contributed by atoms with Crippen molar-refractivity contribution in [3.05, 3.63) is 21.9 Å². The molecule has 3 heteroatoms. The number of rotatable bonds is 7. The van der Waals surface area contributed by atoms with Crippen molar-refractivity contribution >= 4 is 11.3 Å². The van der Waals surface area contributed by atoms with Crippen LogP contribution in [0.3, 0.4) is 0 Å². The highest BCUT2D eigenvalue weighted by atomic mass is 32.1. The predicted molar refractivity (Wildman–Crippen MR) is 75.8 cm³/mol. The van der Waals surface area contributed by atoms with Crippen LogP contribution in [0.15, 0.2) is 11.4 Å². The van der Waals surface area contributed by atoms with Gasteiger partial charge in [-0.1, -0.05) is 13.8 Å². The van der Waals surface area contributed by atoms with Crippen LogP contribution in [0.2, 0.25) is 0 Å². The molecule has 0 aromatic carbocycles. The molecule has 0 radical (unpaired) electrons. The van der Waals surface area contributed by atoms with Crippen LogP contribution in [0, 0.1) is 6.92 Å². The molecule has 1 rings (SSSR count). The Hall–Kier alpha value is -0.380. The van der Waals surface area contributed by atoms with Crippen molar-refractivity contribution in [2.24, 2.45) is 0 Å². The van der Waals surface area contributed by atoms with Crippen molar-refractivity contribution in [3.63, 3.8) is 0 Å². The summed E-state index contributed by atoms with van der Waals surface area (Å²) >= 11 is 1.81. The highest BCUT2D eigenvalue weighted by Gasteiger charge is 2.36. The first-order valence-electron chi connectivity index (χ1n) is 6.49. The van der Waals surface area contributed by atoms with Crippen molar-refractivity contribution in [1.29, 1.82) is 0 Å². The minimum atomic E-state index is -0.0863. The molecule has 1 unspecified atom stereocenters. The molecule has 0 spiro atoms. The van der Waals surface area contributed by atoms with Crippen LogP contribution >= 0.6 is 11.3 Å². The van der Waals surface area contributed by atoms with Crippen LogP contribution in [0.4, 0.5) is 0 Å². The molecule has 1 atom stereocenters. The number of hydrogen-bond acceptors (Lipinski definition) is 3. The molecule has 0 aliphatic carbocycles. The van der Waals surface area contributed by atoms with Gasteiger partial charge < -0.3 is 10.1 Å². The minimum absolute atomic E-state index is 0.0863. The fourth-order valence-corrected chi connectivity index (χ4v) is 3.31. The summed E-state index contributed by atoms with van der Waals surface area (Å²) in [4.78, 5) is 1.36. The molecule has 0 aliphatic heterocycles. The predicted octanol–water partition coefficient (Wildman–Crippen LogP) is 3.91. The second-order valence-corrected chi connectivity index (χ2v) is 5.53. The van der Waals surface area contributed by atoms with Gasteiger partial charge in [0.05, 0.1) is 11.6 Å². The third-order valence-electron chi connectivity index (χ3n) is 3.53.